The molecule has 0 aromatic heterocycles. The number of nitrogens with one attached hydrogen (secondary N) is 1. The van der Waals surface area contributed by atoms with Gasteiger partial charge in [-0.25, -0.2) is 0 Å². The van der Waals surface area contributed by atoms with Crippen LogP contribution in [0.4, 0.5) is 0 Å². The molecule has 0 heterocycles. The summed E-state index contributed by atoms with van der Waals surface area (Å²) in [6, 6.07) is 0. The van der Waals surface area contributed by atoms with Crippen LogP contribution in [-0.4, -0.2) is 83.6 Å². The van der Waals surface area contributed by atoms with Gasteiger partial charge in [0.05, 0.1) is 59.5 Å². The monoisotopic (exact) mass is 482 g/mol. The van der Waals surface area contributed by atoms with Crippen molar-refractivity contribution in [3.05, 3.63) is 0 Å². The van der Waals surface area contributed by atoms with Crippen LogP contribution in [0, 0.1) is 0 Å². The number of aliphatic hydroxyl groups excluding tert-OH is 1. The van der Waals surface area contributed by atoms with Crippen LogP contribution < -0.4 is 61.8 Å². The molecule has 0 bridgehead atoms. The number of unbranched alkanes of at least 4 members (excludes halogenated alkanes) is 5. The Bertz CT molecular complexity index is 318. The average Bonchev–Trinajstić information content (AvgIpc) is 2.67. The molecule has 0 saturated heterocycles. The van der Waals surface area contributed by atoms with E-state index in [0.717, 1.165) is 38.5 Å². The number of carbonyl (C=O) groups is 1. The quantitative estimate of drug-likeness (QED) is 0.127. The second-order valence-electron chi connectivity index (χ2n) is 6.10. The standard InChI is InChI=1S/C19H38NO7.K.V/c21-9-6-4-2-1-3-5-7-19(23)20-8-11-24-13-15-26-17-18-27-16-14-25-12-10-22;;/h22H,1-18H2,(H,20,23);;/q-1;+1;. The van der Waals surface area contributed by atoms with E-state index in [-0.39, 0.29) is 89.1 Å². The van der Waals surface area contributed by atoms with Gasteiger partial charge in [0.15, 0.2) is 0 Å². The fraction of sp³-hybridized carbons (Fsp3) is 0.947. The Labute approximate surface area is 230 Å². The number of amides is 1. The van der Waals surface area contributed by atoms with Gasteiger partial charge >= 0.3 is 51.4 Å². The Hall–Kier alpha value is 1.45. The smallest absolute Gasteiger partial charge is 0.854 e. The molecule has 167 valence electrons. The van der Waals surface area contributed by atoms with E-state index in [0.29, 0.717) is 65.8 Å². The minimum Gasteiger partial charge on any atom is -0.854 e. The van der Waals surface area contributed by atoms with Gasteiger partial charge in [0.2, 0.25) is 5.91 Å². The van der Waals surface area contributed by atoms with E-state index in [1.165, 1.54) is 0 Å². The molecule has 29 heavy (non-hydrogen) atoms. The number of hydrogen-bond acceptors (Lipinski definition) is 7. The first-order valence-electron chi connectivity index (χ1n) is 10.1. The number of hydrogen-bond donors (Lipinski definition) is 2. The van der Waals surface area contributed by atoms with Crippen molar-refractivity contribution in [2.45, 2.75) is 44.9 Å². The Kier molecular flexibility index (Phi) is 38.2. The summed E-state index contributed by atoms with van der Waals surface area (Å²) in [7, 11) is 0. The molecular weight excluding hydrogens is 444 g/mol. The Balaban J connectivity index is -0.00000338. The molecular formula is C19H38KNO7V. The van der Waals surface area contributed by atoms with E-state index >= 15 is 0 Å². The van der Waals surface area contributed by atoms with Crippen molar-refractivity contribution in [3.63, 3.8) is 0 Å². The first-order valence-corrected chi connectivity index (χ1v) is 10.1. The van der Waals surface area contributed by atoms with E-state index in [9.17, 15) is 9.90 Å². The second-order valence-corrected chi connectivity index (χ2v) is 6.10. The Morgan fingerprint density at radius 2 is 1.17 bits per heavy atom. The van der Waals surface area contributed by atoms with E-state index in [1.54, 1.807) is 0 Å². The molecule has 0 rings (SSSR count). The van der Waals surface area contributed by atoms with Gasteiger partial charge in [-0.3, -0.25) is 4.79 Å². The molecule has 0 atom stereocenters. The minimum absolute atomic E-state index is 0. The number of rotatable bonds is 22. The van der Waals surface area contributed by atoms with Crippen LogP contribution in [0.15, 0.2) is 0 Å². The first kappa shape index (κ1) is 35.0. The van der Waals surface area contributed by atoms with E-state index in [1.807, 2.05) is 0 Å². The van der Waals surface area contributed by atoms with Gasteiger partial charge in [-0.15, -0.1) is 6.61 Å². The molecule has 0 saturated carbocycles. The molecule has 0 aliphatic rings. The van der Waals surface area contributed by atoms with Crippen LogP contribution in [-0.2, 0) is 42.3 Å². The zero-order chi connectivity index (χ0) is 19.8. The third-order valence-corrected chi connectivity index (χ3v) is 3.72. The van der Waals surface area contributed by atoms with Gasteiger partial charge in [0.1, 0.15) is 0 Å². The van der Waals surface area contributed by atoms with Crippen molar-refractivity contribution in [3.8, 4) is 0 Å². The summed E-state index contributed by atoms with van der Waals surface area (Å²) in [5, 5.41) is 21.7. The molecule has 2 N–H and O–H groups in total. The fourth-order valence-electron chi connectivity index (χ4n) is 2.27. The van der Waals surface area contributed by atoms with Crippen LogP contribution in [0.25, 0.3) is 0 Å². The molecule has 1 radical (unpaired) electrons. The molecule has 0 aromatic carbocycles. The Morgan fingerprint density at radius 1 is 0.724 bits per heavy atom. The van der Waals surface area contributed by atoms with Crippen molar-refractivity contribution in [1.82, 2.24) is 5.32 Å². The largest absolute Gasteiger partial charge is 1.00 e. The summed E-state index contributed by atoms with van der Waals surface area (Å²) in [4.78, 5) is 11.6. The van der Waals surface area contributed by atoms with Gasteiger partial charge < -0.3 is 34.5 Å². The summed E-state index contributed by atoms with van der Waals surface area (Å²) >= 11 is 0. The van der Waals surface area contributed by atoms with Crippen LogP contribution >= 0.6 is 0 Å². The third-order valence-electron chi connectivity index (χ3n) is 3.72. The van der Waals surface area contributed by atoms with E-state index in [4.69, 9.17) is 24.1 Å². The fourth-order valence-corrected chi connectivity index (χ4v) is 2.27. The predicted molar refractivity (Wildman–Crippen MR) is 101 cm³/mol. The number of carbonyl (C=O) groups excluding carboxylic acids is 1. The van der Waals surface area contributed by atoms with Crippen molar-refractivity contribution >= 4 is 5.91 Å². The van der Waals surface area contributed by atoms with Gasteiger partial charge in [-0.1, -0.05) is 32.1 Å². The topological polar surface area (TPSA) is 109 Å². The van der Waals surface area contributed by atoms with Gasteiger partial charge in [-0.05, 0) is 6.42 Å². The van der Waals surface area contributed by atoms with Crippen molar-refractivity contribution in [2.24, 2.45) is 0 Å². The molecule has 0 unspecified atom stereocenters. The van der Waals surface area contributed by atoms with Crippen molar-refractivity contribution < 1.29 is 104 Å². The summed E-state index contributed by atoms with van der Waals surface area (Å²) in [6.07, 6.45) is 6.44. The first-order chi connectivity index (χ1) is 13.3. The van der Waals surface area contributed by atoms with E-state index < -0.39 is 0 Å². The third kappa shape index (κ3) is 31.7. The van der Waals surface area contributed by atoms with Crippen LogP contribution in [0.1, 0.15) is 44.9 Å². The molecule has 8 nitrogen and oxygen atoms in total. The van der Waals surface area contributed by atoms with Crippen molar-refractivity contribution in [1.29, 1.82) is 0 Å². The second kappa shape index (κ2) is 31.6. The van der Waals surface area contributed by atoms with Gasteiger partial charge in [0.25, 0.3) is 0 Å². The average molecular weight is 483 g/mol. The minimum atomic E-state index is 0. The maximum Gasteiger partial charge on any atom is 1.00 e. The zero-order valence-electron chi connectivity index (χ0n) is 18.1. The maximum atomic E-state index is 11.6. The molecule has 1 amide bonds. The molecule has 0 aromatic rings. The van der Waals surface area contributed by atoms with E-state index in [2.05, 4.69) is 5.32 Å². The summed E-state index contributed by atoms with van der Waals surface area (Å²) in [6.45, 7) is 4.30. The van der Waals surface area contributed by atoms with Crippen LogP contribution in [0.3, 0.4) is 0 Å². The van der Waals surface area contributed by atoms with Gasteiger partial charge in [0, 0.05) is 31.5 Å². The molecule has 0 fully saturated rings. The molecule has 0 aliphatic heterocycles. The molecule has 0 spiro atoms. The predicted octanol–water partition coefficient (Wildman–Crippen LogP) is -2.75. The van der Waals surface area contributed by atoms with Crippen LogP contribution in [0.5, 0.6) is 0 Å². The SMILES string of the molecule is O=C(CCCCCCCC[O-])NCCOCCOCCOCCOCCO.[K+].[V]. The van der Waals surface area contributed by atoms with Crippen molar-refractivity contribution in [2.75, 3.05) is 72.6 Å². The zero-order valence-corrected chi connectivity index (χ0v) is 22.6. The van der Waals surface area contributed by atoms with Crippen LogP contribution in [0.2, 0.25) is 0 Å². The summed E-state index contributed by atoms with van der Waals surface area (Å²) in [5.74, 6) is 0.0644. The number of aliphatic hydroxyl groups is 1. The number of ether oxygens (including phenoxy) is 4. The Morgan fingerprint density at radius 3 is 1.69 bits per heavy atom. The normalized spacial score (nSPS) is 10.3. The molecule has 10 heteroatoms. The van der Waals surface area contributed by atoms with Gasteiger partial charge in [-0.2, -0.15) is 0 Å². The molecule has 0 aliphatic carbocycles. The summed E-state index contributed by atoms with van der Waals surface area (Å²) < 4.78 is 21.1. The summed E-state index contributed by atoms with van der Waals surface area (Å²) in [5.41, 5.74) is 0. The maximum absolute atomic E-state index is 11.6.